The van der Waals surface area contributed by atoms with Gasteiger partial charge < -0.3 is 10.2 Å². The van der Waals surface area contributed by atoms with Crippen molar-refractivity contribution in [3.63, 3.8) is 0 Å². The third kappa shape index (κ3) is 1.88. The average Bonchev–Trinajstić information content (AvgIpc) is 2.55. The van der Waals surface area contributed by atoms with Gasteiger partial charge in [0.1, 0.15) is 10.9 Å². The molecule has 86 valence electrons. The molecule has 2 heterocycles. The number of thiophene rings is 1. The summed E-state index contributed by atoms with van der Waals surface area (Å²) >= 11 is 7.37. The van der Waals surface area contributed by atoms with E-state index in [0.29, 0.717) is 11.6 Å². The quantitative estimate of drug-likeness (QED) is 0.814. The fourth-order valence-electron chi connectivity index (χ4n) is 1.78. The molecule has 0 spiro atoms. The Bertz CT molecular complexity index is 536. The number of hydrogen-bond donors (Lipinski definition) is 2. The topological polar surface area (TPSA) is 53.4 Å². The Hall–Kier alpha value is -0.840. The molecule has 0 aliphatic carbocycles. The van der Waals surface area contributed by atoms with Crippen LogP contribution in [0.2, 0.25) is 5.15 Å². The molecule has 1 atom stereocenters. The van der Waals surface area contributed by atoms with Gasteiger partial charge in [0, 0.05) is 22.9 Å². The average molecular weight is 258 g/mol. The summed E-state index contributed by atoms with van der Waals surface area (Å²) in [6.07, 6.45) is 0.000687. The number of aliphatic hydroxyl groups is 1. The maximum absolute atomic E-state index is 9.80. The number of pyridine rings is 1. The van der Waals surface area contributed by atoms with E-state index >= 15 is 0 Å². The maximum Gasteiger partial charge on any atom is 0.147 e. The number of fused-ring (bicyclic) bond motifs is 1. The molecule has 0 fully saturated rings. The fraction of sp³-hybridized carbons (Fsp3) is 0.364. The Morgan fingerprint density at radius 1 is 1.56 bits per heavy atom. The summed E-state index contributed by atoms with van der Waals surface area (Å²) in [5, 5.41) is 22.0. The van der Waals surface area contributed by atoms with Crippen molar-refractivity contribution in [2.24, 2.45) is 0 Å². The van der Waals surface area contributed by atoms with Gasteiger partial charge in [-0.25, -0.2) is 4.98 Å². The summed E-state index contributed by atoms with van der Waals surface area (Å²) in [7, 11) is 0. The third-order valence-corrected chi connectivity index (χ3v) is 3.82. The van der Waals surface area contributed by atoms with E-state index < -0.39 is 6.10 Å². The minimum Gasteiger partial charge on any atom is -0.506 e. The van der Waals surface area contributed by atoms with Crippen LogP contribution in [0.15, 0.2) is 5.38 Å². The van der Waals surface area contributed by atoms with Crippen LogP contribution in [0.1, 0.15) is 18.2 Å². The molecule has 0 saturated heterocycles. The number of aryl methyl sites for hydroxylation is 1. The molecule has 0 aromatic carbocycles. The first-order chi connectivity index (χ1) is 7.50. The van der Waals surface area contributed by atoms with Gasteiger partial charge in [-0.3, -0.25) is 0 Å². The number of hydrogen-bond acceptors (Lipinski definition) is 4. The largest absolute Gasteiger partial charge is 0.506 e. The van der Waals surface area contributed by atoms with E-state index in [2.05, 4.69) is 4.98 Å². The highest BCUT2D eigenvalue weighted by Crippen LogP contribution is 2.38. The standard InChI is InChI=1S/C11H12ClNO2S/c1-5(14)3-7-6(2)13-11(12)10-9(7)8(15)4-16-10/h4-5,14-15H,3H2,1-2H3. The fourth-order valence-corrected chi connectivity index (χ4v) is 2.97. The monoisotopic (exact) mass is 257 g/mol. The number of halogens is 1. The highest BCUT2D eigenvalue weighted by Gasteiger charge is 2.16. The van der Waals surface area contributed by atoms with Crippen LogP contribution >= 0.6 is 22.9 Å². The molecule has 0 aliphatic heterocycles. The SMILES string of the molecule is Cc1nc(Cl)c2scc(O)c2c1CC(C)O. The van der Waals surface area contributed by atoms with Crippen molar-refractivity contribution in [1.29, 1.82) is 0 Å². The van der Waals surface area contributed by atoms with Gasteiger partial charge >= 0.3 is 0 Å². The van der Waals surface area contributed by atoms with E-state index in [4.69, 9.17) is 11.6 Å². The summed E-state index contributed by atoms with van der Waals surface area (Å²) in [4.78, 5) is 4.22. The van der Waals surface area contributed by atoms with E-state index in [1.54, 1.807) is 12.3 Å². The molecule has 2 aromatic heterocycles. The number of aromatic hydroxyl groups is 1. The van der Waals surface area contributed by atoms with Gasteiger partial charge in [-0.05, 0) is 19.4 Å². The van der Waals surface area contributed by atoms with Crippen molar-refractivity contribution in [2.45, 2.75) is 26.4 Å². The molecule has 0 saturated carbocycles. The minimum absolute atomic E-state index is 0.211. The zero-order chi connectivity index (χ0) is 11.9. The molecular weight excluding hydrogens is 246 g/mol. The molecule has 1 unspecified atom stereocenters. The lowest BCUT2D eigenvalue weighted by Crippen LogP contribution is -2.07. The molecule has 3 nitrogen and oxygen atoms in total. The zero-order valence-electron chi connectivity index (χ0n) is 8.99. The highest BCUT2D eigenvalue weighted by molar-refractivity contribution is 7.18. The van der Waals surface area contributed by atoms with Crippen LogP contribution < -0.4 is 0 Å². The van der Waals surface area contributed by atoms with Crippen LogP contribution in [0.5, 0.6) is 5.75 Å². The first-order valence-corrected chi connectivity index (χ1v) is 6.19. The second-order valence-corrected chi connectivity index (χ2v) is 5.08. The Labute approximate surface area is 102 Å². The van der Waals surface area contributed by atoms with Gasteiger partial charge in [0.05, 0.1) is 10.8 Å². The summed E-state index contributed by atoms with van der Waals surface area (Å²) in [5.74, 6) is 0.211. The van der Waals surface area contributed by atoms with Crippen molar-refractivity contribution in [1.82, 2.24) is 4.98 Å². The second kappa shape index (κ2) is 4.20. The van der Waals surface area contributed by atoms with Gasteiger partial charge in [0.2, 0.25) is 0 Å². The van der Waals surface area contributed by atoms with Crippen molar-refractivity contribution in [2.75, 3.05) is 0 Å². The Kier molecular flexibility index (Phi) is 3.06. The second-order valence-electron chi connectivity index (χ2n) is 3.84. The van der Waals surface area contributed by atoms with Crippen molar-refractivity contribution >= 4 is 33.0 Å². The van der Waals surface area contributed by atoms with E-state index in [-0.39, 0.29) is 5.75 Å². The van der Waals surface area contributed by atoms with Crippen LogP contribution in [0, 0.1) is 6.92 Å². The van der Waals surface area contributed by atoms with Crippen LogP contribution in [0.4, 0.5) is 0 Å². The van der Waals surface area contributed by atoms with Crippen LogP contribution in [0.25, 0.3) is 10.1 Å². The molecular formula is C11H12ClNO2S. The summed E-state index contributed by atoms with van der Waals surface area (Å²) in [6.45, 7) is 3.55. The first-order valence-electron chi connectivity index (χ1n) is 4.94. The molecule has 0 amide bonds. The smallest absolute Gasteiger partial charge is 0.147 e. The highest BCUT2D eigenvalue weighted by atomic mass is 35.5. The number of nitrogens with zero attached hydrogens (tertiary/aromatic N) is 1. The Morgan fingerprint density at radius 3 is 2.88 bits per heavy atom. The third-order valence-electron chi connectivity index (χ3n) is 2.46. The predicted molar refractivity (Wildman–Crippen MR) is 66.4 cm³/mol. The van der Waals surface area contributed by atoms with E-state index in [9.17, 15) is 10.2 Å². The molecule has 0 radical (unpaired) electrons. The van der Waals surface area contributed by atoms with Crippen molar-refractivity contribution in [3.8, 4) is 5.75 Å². The van der Waals surface area contributed by atoms with Crippen LogP contribution in [0.3, 0.4) is 0 Å². The van der Waals surface area contributed by atoms with E-state index in [1.165, 1.54) is 11.3 Å². The Morgan fingerprint density at radius 2 is 2.25 bits per heavy atom. The van der Waals surface area contributed by atoms with Gasteiger partial charge in [-0.2, -0.15) is 0 Å². The van der Waals surface area contributed by atoms with Crippen molar-refractivity contribution in [3.05, 3.63) is 21.8 Å². The summed E-state index contributed by atoms with van der Waals surface area (Å²) in [6, 6.07) is 0. The number of aliphatic hydroxyl groups excluding tert-OH is 1. The van der Waals surface area contributed by atoms with Crippen molar-refractivity contribution < 1.29 is 10.2 Å². The first kappa shape index (κ1) is 11.6. The maximum atomic E-state index is 9.80. The predicted octanol–water partition coefficient (Wildman–Crippen LogP) is 2.89. The number of aromatic nitrogens is 1. The lowest BCUT2D eigenvalue weighted by Gasteiger charge is -2.10. The van der Waals surface area contributed by atoms with Crippen LogP contribution in [-0.2, 0) is 6.42 Å². The molecule has 2 N–H and O–H groups in total. The zero-order valence-corrected chi connectivity index (χ0v) is 10.6. The normalized spacial score (nSPS) is 13.2. The van der Waals surface area contributed by atoms with E-state index in [0.717, 1.165) is 21.3 Å². The van der Waals surface area contributed by atoms with E-state index in [1.807, 2.05) is 6.92 Å². The lowest BCUT2D eigenvalue weighted by molar-refractivity contribution is 0.195. The summed E-state index contributed by atoms with van der Waals surface area (Å²) in [5.41, 5.74) is 1.63. The van der Waals surface area contributed by atoms with Gasteiger partial charge in [-0.1, -0.05) is 11.6 Å². The Balaban J connectivity index is 2.74. The summed E-state index contributed by atoms with van der Waals surface area (Å²) < 4.78 is 0.778. The molecule has 2 aromatic rings. The van der Waals surface area contributed by atoms with Gasteiger partial charge in [0.15, 0.2) is 0 Å². The molecule has 0 bridgehead atoms. The molecule has 2 rings (SSSR count). The van der Waals surface area contributed by atoms with Gasteiger partial charge in [0.25, 0.3) is 0 Å². The van der Waals surface area contributed by atoms with Crippen LogP contribution in [-0.4, -0.2) is 21.3 Å². The number of rotatable bonds is 2. The molecule has 0 aliphatic rings. The molecule has 5 heteroatoms. The minimum atomic E-state index is -0.468. The van der Waals surface area contributed by atoms with Gasteiger partial charge in [-0.15, -0.1) is 11.3 Å². The molecule has 16 heavy (non-hydrogen) atoms. The lowest BCUT2D eigenvalue weighted by atomic mass is 10.0.